The van der Waals surface area contributed by atoms with Gasteiger partial charge in [-0.25, -0.2) is 4.68 Å². The van der Waals surface area contributed by atoms with E-state index >= 15 is 0 Å². The van der Waals surface area contributed by atoms with Crippen LogP contribution in [0, 0.1) is 0 Å². The first-order valence-corrected chi connectivity index (χ1v) is 5.27. The van der Waals surface area contributed by atoms with Gasteiger partial charge < -0.3 is 5.11 Å². The molecule has 16 heavy (non-hydrogen) atoms. The monoisotopic (exact) mass is 214 g/mol. The summed E-state index contributed by atoms with van der Waals surface area (Å²) in [6.45, 7) is 0.184. The van der Waals surface area contributed by atoms with E-state index in [1.807, 2.05) is 53.4 Å². The second-order valence-corrected chi connectivity index (χ2v) is 3.47. The van der Waals surface area contributed by atoms with Crippen LogP contribution in [0.2, 0.25) is 0 Å². The van der Waals surface area contributed by atoms with Gasteiger partial charge in [0, 0.05) is 18.4 Å². The molecule has 0 aliphatic carbocycles. The van der Waals surface area contributed by atoms with Gasteiger partial charge in [0.05, 0.1) is 11.9 Å². The molecule has 0 unspecified atom stereocenters. The fourth-order valence-electron chi connectivity index (χ4n) is 1.44. The summed E-state index contributed by atoms with van der Waals surface area (Å²) in [6.07, 6.45) is 8.34. The van der Waals surface area contributed by atoms with Crippen molar-refractivity contribution < 1.29 is 5.11 Å². The van der Waals surface area contributed by atoms with Crippen LogP contribution in [-0.4, -0.2) is 21.5 Å². The minimum absolute atomic E-state index is 0.184. The smallest absolute Gasteiger partial charge is 0.0645 e. The number of hydrogen-bond donors (Lipinski definition) is 1. The van der Waals surface area contributed by atoms with E-state index < -0.39 is 0 Å². The first kappa shape index (κ1) is 10.6. The van der Waals surface area contributed by atoms with Crippen molar-refractivity contribution in [3.05, 3.63) is 54.4 Å². The third-order valence-corrected chi connectivity index (χ3v) is 2.23. The molecule has 0 bridgehead atoms. The molecule has 1 heterocycles. The maximum Gasteiger partial charge on any atom is 0.0645 e. The molecule has 0 aliphatic heterocycles. The third-order valence-electron chi connectivity index (χ3n) is 2.23. The molecular formula is C13H14N2O. The minimum atomic E-state index is 0.184. The molecule has 82 valence electrons. The van der Waals surface area contributed by atoms with Crippen LogP contribution in [0.25, 0.3) is 11.8 Å². The summed E-state index contributed by atoms with van der Waals surface area (Å²) in [7, 11) is 0. The second kappa shape index (κ2) is 5.28. The molecule has 1 N–H and O–H groups in total. The SMILES string of the molecule is OCCC=Cc1cnn(-c2ccccc2)c1. The number of benzene rings is 1. The Morgan fingerprint density at radius 2 is 2.06 bits per heavy atom. The van der Waals surface area contributed by atoms with Gasteiger partial charge in [0.25, 0.3) is 0 Å². The Kier molecular flexibility index (Phi) is 3.51. The van der Waals surface area contributed by atoms with Crippen LogP contribution in [0.3, 0.4) is 0 Å². The molecule has 0 atom stereocenters. The average Bonchev–Trinajstić information content (AvgIpc) is 2.79. The Morgan fingerprint density at radius 1 is 1.25 bits per heavy atom. The number of aliphatic hydroxyl groups is 1. The fraction of sp³-hybridized carbons (Fsp3) is 0.154. The number of nitrogens with zero attached hydrogens (tertiary/aromatic N) is 2. The zero-order valence-corrected chi connectivity index (χ0v) is 8.95. The van der Waals surface area contributed by atoms with E-state index in [0.29, 0.717) is 6.42 Å². The van der Waals surface area contributed by atoms with E-state index in [0.717, 1.165) is 11.3 Å². The van der Waals surface area contributed by atoms with Gasteiger partial charge in [0.1, 0.15) is 0 Å². The number of hydrogen-bond acceptors (Lipinski definition) is 2. The van der Waals surface area contributed by atoms with Crippen LogP contribution in [0.4, 0.5) is 0 Å². The summed E-state index contributed by atoms with van der Waals surface area (Å²) in [6, 6.07) is 9.97. The molecule has 3 heteroatoms. The highest BCUT2D eigenvalue weighted by molar-refractivity contribution is 5.47. The topological polar surface area (TPSA) is 38.1 Å². The predicted molar refractivity (Wildman–Crippen MR) is 64.3 cm³/mol. The van der Waals surface area contributed by atoms with Crippen molar-refractivity contribution in [2.75, 3.05) is 6.61 Å². The van der Waals surface area contributed by atoms with Crippen LogP contribution in [-0.2, 0) is 0 Å². The Bertz CT molecular complexity index is 460. The lowest BCUT2D eigenvalue weighted by atomic mass is 10.3. The maximum atomic E-state index is 8.66. The largest absolute Gasteiger partial charge is 0.396 e. The highest BCUT2D eigenvalue weighted by Gasteiger charge is 1.96. The van der Waals surface area contributed by atoms with Crippen molar-refractivity contribution in [3.63, 3.8) is 0 Å². The van der Waals surface area contributed by atoms with E-state index in [9.17, 15) is 0 Å². The average molecular weight is 214 g/mol. The van der Waals surface area contributed by atoms with E-state index in [4.69, 9.17) is 5.11 Å². The predicted octanol–water partition coefficient (Wildman–Crippen LogP) is 2.27. The lowest BCUT2D eigenvalue weighted by Gasteiger charge is -1.98. The summed E-state index contributed by atoms with van der Waals surface area (Å²) in [5.74, 6) is 0. The van der Waals surface area contributed by atoms with Crippen molar-refractivity contribution in [3.8, 4) is 5.69 Å². The number of para-hydroxylation sites is 1. The molecular weight excluding hydrogens is 200 g/mol. The minimum Gasteiger partial charge on any atom is -0.396 e. The lowest BCUT2D eigenvalue weighted by molar-refractivity contribution is 0.303. The molecule has 2 aromatic rings. The van der Waals surface area contributed by atoms with Gasteiger partial charge in [-0.1, -0.05) is 30.4 Å². The first-order valence-electron chi connectivity index (χ1n) is 5.27. The van der Waals surface area contributed by atoms with Gasteiger partial charge in [0.2, 0.25) is 0 Å². The van der Waals surface area contributed by atoms with Gasteiger partial charge in [0.15, 0.2) is 0 Å². The summed E-state index contributed by atoms with van der Waals surface area (Å²) in [4.78, 5) is 0. The van der Waals surface area contributed by atoms with Crippen LogP contribution in [0.5, 0.6) is 0 Å². The van der Waals surface area contributed by atoms with Gasteiger partial charge in [-0.05, 0) is 18.6 Å². The first-order chi connectivity index (χ1) is 7.90. The molecule has 2 rings (SSSR count). The van der Waals surface area contributed by atoms with E-state index in [1.54, 1.807) is 6.20 Å². The Hall–Kier alpha value is -1.87. The van der Waals surface area contributed by atoms with Gasteiger partial charge in [-0.15, -0.1) is 0 Å². The number of aliphatic hydroxyl groups excluding tert-OH is 1. The highest BCUT2D eigenvalue weighted by Crippen LogP contribution is 2.08. The Morgan fingerprint density at radius 3 is 2.81 bits per heavy atom. The quantitative estimate of drug-likeness (QED) is 0.847. The zero-order chi connectivity index (χ0) is 11.2. The van der Waals surface area contributed by atoms with E-state index in [2.05, 4.69) is 5.10 Å². The summed E-state index contributed by atoms with van der Waals surface area (Å²) in [5, 5.41) is 12.9. The zero-order valence-electron chi connectivity index (χ0n) is 8.95. The van der Waals surface area contributed by atoms with Crippen molar-refractivity contribution in [1.82, 2.24) is 9.78 Å². The molecule has 0 amide bonds. The molecule has 0 spiro atoms. The molecule has 0 fully saturated rings. The molecule has 0 aliphatic rings. The van der Waals surface area contributed by atoms with Crippen LogP contribution in [0.1, 0.15) is 12.0 Å². The summed E-state index contributed by atoms with van der Waals surface area (Å²) < 4.78 is 1.83. The van der Waals surface area contributed by atoms with Crippen molar-refractivity contribution in [2.45, 2.75) is 6.42 Å². The number of aromatic nitrogens is 2. The van der Waals surface area contributed by atoms with Crippen molar-refractivity contribution >= 4 is 6.08 Å². The van der Waals surface area contributed by atoms with Crippen LogP contribution >= 0.6 is 0 Å². The standard InChI is InChI=1S/C13H14N2O/c16-9-5-4-6-12-10-14-15(11-12)13-7-2-1-3-8-13/h1-4,6-8,10-11,16H,5,9H2. The maximum absolute atomic E-state index is 8.66. The molecule has 3 nitrogen and oxygen atoms in total. The fourth-order valence-corrected chi connectivity index (χ4v) is 1.44. The van der Waals surface area contributed by atoms with Gasteiger partial charge in [-0.3, -0.25) is 0 Å². The molecule has 1 aromatic heterocycles. The molecule has 0 saturated heterocycles. The molecule has 0 radical (unpaired) electrons. The molecule has 1 aromatic carbocycles. The van der Waals surface area contributed by atoms with E-state index in [1.165, 1.54) is 0 Å². The van der Waals surface area contributed by atoms with Crippen LogP contribution < -0.4 is 0 Å². The van der Waals surface area contributed by atoms with Gasteiger partial charge in [-0.2, -0.15) is 5.10 Å². The van der Waals surface area contributed by atoms with Crippen LogP contribution in [0.15, 0.2) is 48.8 Å². The number of rotatable bonds is 4. The second-order valence-electron chi connectivity index (χ2n) is 3.47. The third kappa shape index (κ3) is 2.58. The Balaban J connectivity index is 2.14. The summed E-state index contributed by atoms with van der Waals surface area (Å²) >= 11 is 0. The molecule has 0 saturated carbocycles. The van der Waals surface area contributed by atoms with E-state index in [-0.39, 0.29) is 6.61 Å². The highest BCUT2D eigenvalue weighted by atomic mass is 16.2. The normalized spacial score (nSPS) is 11.1. The van der Waals surface area contributed by atoms with Crippen molar-refractivity contribution in [2.24, 2.45) is 0 Å². The van der Waals surface area contributed by atoms with Gasteiger partial charge >= 0.3 is 0 Å². The summed E-state index contributed by atoms with van der Waals surface area (Å²) in [5.41, 5.74) is 2.08. The lowest BCUT2D eigenvalue weighted by Crippen LogP contribution is -1.92. The van der Waals surface area contributed by atoms with Crippen molar-refractivity contribution in [1.29, 1.82) is 0 Å². The Labute approximate surface area is 94.7 Å².